The predicted octanol–water partition coefficient (Wildman–Crippen LogP) is 3.05. The van der Waals surface area contributed by atoms with Crippen molar-refractivity contribution >= 4 is 38.4 Å². The fourth-order valence-electron chi connectivity index (χ4n) is 0.971. The second kappa shape index (κ2) is 2.99. The third-order valence-electron chi connectivity index (χ3n) is 1.50. The van der Waals surface area contributed by atoms with E-state index in [0.717, 1.165) is 15.5 Å². The van der Waals surface area contributed by atoms with E-state index in [4.69, 9.17) is 11.6 Å². The highest BCUT2D eigenvalue weighted by molar-refractivity contribution is 9.10. The first-order chi connectivity index (χ1) is 5.75. The molecule has 2 heterocycles. The summed E-state index contributed by atoms with van der Waals surface area (Å²) in [5.74, 6) is 0. The number of fused-ring (bicyclic) bond motifs is 1. The number of nitrogens with zero attached hydrogens (tertiary/aromatic N) is 2. The topological polar surface area (TPSA) is 25.8 Å². The van der Waals surface area contributed by atoms with Crippen molar-refractivity contribution in [2.75, 3.05) is 0 Å². The molecule has 0 aliphatic carbocycles. The van der Waals surface area contributed by atoms with Gasteiger partial charge in [-0.05, 0) is 28.1 Å². The first-order valence-electron chi connectivity index (χ1n) is 3.32. The molecule has 0 aliphatic heterocycles. The van der Waals surface area contributed by atoms with E-state index >= 15 is 0 Å². The standard InChI is InChI=1S/C8H4BrClN2/c9-8-2-7-5(3-12-8)1-6(10)4-11-7/h1-4H. The van der Waals surface area contributed by atoms with Crippen LogP contribution in [0, 0.1) is 0 Å². The summed E-state index contributed by atoms with van der Waals surface area (Å²) in [7, 11) is 0. The van der Waals surface area contributed by atoms with Crippen LogP contribution in [0.15, 0.2) is 29.1 Å². The summed E-state index contributed by atoms with van der Waals surface area (Å²) >= 11 is 9.02. The monoisotopic (exact) mass is 242 g/mol. The molecule has 0 aliphatic rings. The molecule has 4 heteroatoms. The zero-order valence-corrected chi connectivity index (χ0v) is 8.30. The van der Waals surface area contributed by atoms with E-state index in [2.05, 4.69) is 25.9 Å². The van der Waals surface area contributed by atoms with Crippen molar-refractivity contribution < 1.29 is 0 Å². The van der Waals surface area contributed by atoms with Crippen LogP contribution < -0.4 is 0 Å². The summed E-state index contributed by atoms with van der Waals surface area (Å²) in [6.45, 7) is 0. The summed E-state index contributed by atoms with van der Waals surface area (Å²) < 4.78 is 0.782. The van der Waals surface area contributed by atoms with Gasteiger partial charge in [0.05, 0.1) is 10.5 Å². The maximum absolute atomic E-state index is 5.76. The van der Waals surface area contributed by atoms with Crippen LogP contribution in [0.25, 0.3) is 10.9 Å². The molecule has 0 saturated carbocycles. The minimum atomic E-state index is 0.631. The van der Waals surface area contributed by atoms with Gasteiger partial charge in [0.2, 0.25) is 0 Å². The van der Waals surface area contributed by atoms with E-state index in [1.165, 1.54) is 0 Å². The fraction of sp³-hybridized carbons (Fsp3) is 0. The van der Waals surface area contributed by atoms with Gasteiger partial charge < -0.3 is 0 Å². The summed E-state index contributed by atoms with van der Waals surface area (Å²) in [4.78, 5) is 8.21. The Hall–Kier alpha value is -0.670. The van der Waals surface area contributed by atoms with Crippen LogP contribution in [-0.2, 0) is 0 Å². The molecule has 2 aromatic heterocycles. The molecule has 60 valence electrons. The molecule has 0 unspecified atom stereocenters. The highest BCUT2D eigenvalue weighted by Crippen LogP contribution is 2.18. The largest absolute Gasteiger partial charge is 0.255 e. The summed E-state index contributed by atoms with van der Waals surface area (Å²) in [5.41, 5.74) is 0.890. The molecule has 2 rings (SSSR count). The van der Waals surface area contributed by atoms with Gasteiger partial charge in [0.25, 0.3) is 0 Å². The van der Waals surface area contributed by atoms with Gasteiger partial charge in [0, 0.05) is 17.8 Å². The maximum Gasteiger partial charge on any atom is 0.108 e. The normalized spacial score (nSPS) is 10.5. The average Bonchev–Trinajstić information content (AvgIpc) is 2.05. The van der Waals surface area contributed by atoms with Crippen LogP contribution in [0.5, 0.6) is 0 Å². The van der Waals surface area contributed by atoms with Gasteiger partial charge in [0.15, 0.2) is 0 Å². The second-order valence-electron chi connectivity index (χ2n) is 2.35. The summed E-state index contributed by atoms with van der Waals surface area (Å²) in [5, 5.41) is 1.58. The van der Waals surface area contributed by atoms with Gasteiger partial charge in [-0.15, -0.1) is 0 Å². The zero-order valence-electron chi connectivity index (χ0n) is 5.96. The molecule has 12 heavy (non-hydrogen) atoms. The summed E-state index contributed by atoms with van der Waals surface area (Å²) in [6.07, 6.45) is 3.36. The zero-order chi connectivity index (χ0) is 8.55. The Balaban J connectivity index is 2.79. The molecule has 2 aromatic rings. The Morgan fingerprint density at radius 1 is 1.17 bits per heavy atom. The van der Waals surface area contributed by atoms with Crippen molar-refractivity contribution in [3.63, 3.8) is 0 Å². The lowest BCUT2D eigenvalue weighted by atomic mass is 10.3. The predicted molar refractivity (Wildman–Crippen MR) is 52.2 cm³/mol. The van der Waals surface area contributed by atoms with Gasteiger partial charge in [0.1, 0.15) is 4.60 Å². The van der Waals surface area contributed by atoms with E-state index in [1.807, 2.05) is 12.1 Å². The highest BCUT2D eigenvalue weighted by Gasteiger charge is 1.96. The molecule has 0 aromatic carbocycles. The molecule has 0 fully saturated rings. The van der Waals surface area contributed by atoms with E-state index < -0.39 is 0 Å². The first kappa shape index (κ1) is 7.95. The van der Waals surface area contributed by atoms with Crippen LogP contribution in [0.3, 0.4) is 0 Å². The maximum atomic E-state index is 5.76. The fourth-order valence-corrected chi connectivity index (χ4v) is 1.46. The van der Waals surface area contributed by atoms with E-state index in [0.29, 0.717) is 5.02 Å². The number of hydrogen-bond acceptors (Lipinski definition) is 2. The van der Waals surface area contributed by atoms with Crippen LogP contribution >= 0.6 is 27.5 Å². The van der Waals surface area contributed by atoms with E-state index in [-0.39, 0.29) is 0 Å². The molecule has 0 saturated heterocycles. The van der Waals surface area contributed by atoms with Crippen molar-refractivity contribution in [3.05, 3.63) is 34.2 Å². The second-order valence-corrected chi connectivity index (χ2v) is 3.60. The van der Waals surface area contributed by atoms with Crippen molar-refractivity contribution in [2.45, 2.75) is 0 Å². The Labute approximate surface area is 82.7 Å². The molecule has 0 amide bonds. The summed E-state index contributed by atoms with van der Waals surface area (Å²) in [6, 6.07) is 3.69. The SMILES string of the molecule is Clc1cnc2cc(Br)ncc2c1. The Morgan fingerprint density at radius 3 is 2.83 bits per heavy atom. The van der Waals surface area contributed by atoms with Crippen molar-refractivity contribution in [1.82, 2.24) is 9.97 Å². The van der Waals surface area contributed by atoms with Crippen LogP contribution in [0.4, 0.5) is 0 Å². The highest BCUT2D eigenvalue weighted by atomic mass is 79.9. The number of aromatic nitrogens is 2. The molecule has 0 bridgehead atoms. The Morgan fingerprint density at radius 2 is 2.00 bits per heavy atom. The van der Waals surface area contributed by atoms with Crippen LogP contribution in [0.2, 0.25) is 5.02 Å². The van der Waals surface area contributed by atoms with Gasteiger partial charge in [-0.3, -0.25) is 4.98 Å². The van der Waals surface area contributed by atoms with Crippen molar-refractivity contribution in [3.8, 4) is 0 Å². The van der Waals surface area contributed by atoms with Crippen LogP contribution in [-0.4, -0.2) is 9.97 Å². The molecule has 0 radical (unpaired) electrons. The Bertz CT molecular complexity index is 389. The third kappa shape index (κ3) is 1.42. The minimum Gasteiger partial charge on any atom is -0.255 e. The van der Waals surface area contributed by atoms with Gasteiger partial charge in [-0.25, -0.2) is 4.98 Å². The Kier molecular flexibility index (Phi) is 1.98. The van der Waals surface area contributed by atoms with Crippen molar-refractivity contribution in [1.29, 1.82) is 0 Å². The smallest absolute Gasteiger partial charge is 0.108 e. The van der Waals surface area contributed by atoms with Gasteiger partial charge >= 0.3 is 0 Å². The van der Waals surface area contributed by atoms with Gasteiger partial charge in [-0.2, -0.15) is 0 Å². The molecular weight excluding hydrogens is 239 g/mol. The van der Waals surface area contributed by atoms with Gasteiger partial charge in [-0.1, -0.05) is 11.6 Å². The number of pyridine rings is 2. The first-order valence-corrected chi connectivity index (χ1v) is 4.49. The molecular formula is C8H4BrClN2. The number of rotatable bonds is 0. The average molecular weight is 243 g/mol. The molecule has 2 nitrogen and oxygen atoms in total. The van der Waals surface area contributed by atoms with Crippen molar-refractivity contribution in [2.24, 2.45) is 0 Å². The lowest BCUT2D eigenvalue weighted by Gasteiger charge is -1.96. The molecule has 0 spiro atoms. The minimum absolute atomic E-state index is 0.631. The third-order valence-corrected chi connectivity index (χ3v) is 2.14. The molecule has 0 atom stereocenters. The molecule has 0 N–H and O–H groups in total. The number of hydrogen-bond donors (Lipinski definition) is 0. The van der Waals surface area contributed by atoms with E-state index in [1.54, 1.807) is 12.4 Å². The van der Waals surface area contributed by atoms with E-state index in [9.17, 15) is 0 Å². The quantitative estimate of drug-likeness (QED) is 0.665. The van der Waals surface area contributed by atoms with Crippen LogP contribution in [0.1, 0.15) is 0 Å². The lowest BCUT2D eigenvalue weighted by molar-refractivity contribution is 1.28. The lowest BCUT2D eigenvalue weighted by Crippen LogP contribution is -1.81. The number of halogens is 2.